The second-order valence-corrected chi connectivity index (χ2v) is 4.96. The summed E-state index contributed by atoms with van der Waals surface area (Å²) < 4.78 is 37.1. The van der Waals surface area contributed by atoms with Gasteiger partial charge < -0.3 is 19.6 Å². The molecule has 0 bridgehead atoms. The normalized spacial score (nSPS) is 12.2. The molecule has 0 saturated carbocycles. The lowest BCUT2D eigenvalue weighted by Crippen LogP contribution is -2.22. The Bertz CT molecular complexity index is 679. The van der Waals surface area contributed by atoms with Gasteiger partial charge >= 0.3 is 5.97 Å². The number of benzene rings is 1. The third-order valence-corrected chi connectivity index (χ3v) is 3.34. The zero-order valence-corrected chi connectivity index (χ0v) is 12.7. The van der Waals surface area contributed by atoms with Gasteiger partial charge in [-0.3, -0.25) is 0 Å². The third kappa shape index (κ3) is 3.94. The molecular formula is C16H17F2NO4. The van der Waals surface area contributed by atoms with Gasteiger partial charge in [-0.15, -0.1) is 0 Å². The summed E-state index contributed by atoms with van der Waals surface area (Å²) >= 11 is 0. The minimum absolute atomic E-state index is 0.0782. The van der Waals surface area contributed by atoms with Crippen LogP contribution in [0.5, 0.6) is 0 Å². The molecule has 0 spiro atoms. The molecule has 2 aromatic rings. The van der Waals surface area contributed by atoms with Crippen LogP contribution >= 0.6 is 0 Å². The molecule has 0 saturated heterocycles. The Morgan fingerprint density at radius 3 is 2.65 bits per heavy atom. The number of hydrogen-bond acceptors (Lipinski definition) is 5. The van der Waals surface area contributed by atoms with E-state index in [0.717, 1.165) is 12.1 Å². The van der Waals surface area contributed by atoms with Crippen LogP contribution < -0.4 is 5.32 Å². The molecular weight excluding hydrogens is 308 g/mol. The van der Waals surface area contributed by atoms with Crippen LogP contribution in [0.2, 0.25) is 0 Å². The predicted molar refractivity (Wildman–Crippen MR) is 77.8 cm³/mol. The van der Waals surface area contributed by atoms with Crippen molar-refractivity contribution < 1.29 is 27.8 Å². The molecule has 7 heteroatoms. The SMILES string of the molecule is COC(=O)c1cc(CNCC(O)c2c(F)cccc2F)oc1C. The zero-order chi connectivity index (χ0) is 17.0. The number of furan rings is 1. The molecule has 124 valence electrons. The zero-order valence-electron chi connectivity index (χ0n) is 12.7. The van der Waals surface area contributed by atoms with Crippen molar-refractivity contribution in [3.05, 3.63) is 58.5 Å². The predicted octanol–water partition coefficient (Wildman–Crippen LogP) is 2.48. The van der Waals surface area contributed by atoms with E-state index in [1.54, 1.807) is 6.92 Å². The highest BCUT2D eigenvalue weighted by atomic mass is 19.1. The fraction of sp³-hybridized carbons (Fsp3) is 0.312. The number of methoxy groups -OCH3 is 1. The van der Waals surface area contributed by atoms with Crippen molar-refractivity contribution in [1.82, 2.24) is 5.32 Å². The lowest BCUT2D eigenvalue weighted by atomic mass is 10.1. The van der Waals surface area contributed by atoms with Crippen molar-refractivity contribution in [2.24, 2.45) is 0 Å². The molecule has 0 aliphatic heterocycles. The molecule has 1 heterocycles. The summed E-state index contributed by atoms with van der Waals surface area (Å²) in [5, 5.41) is 12.7. The fourth-order valence-corrected chi connectivity index (χ4v) is 2.21. The number of rotatable bonds is 6. The summed E-state index contributed by atoms with van der Waals surface area (Å²) in [5.74, 6) is -1.26. The lowest BCUT2D eigenvalue weighted by molar-refractivity contribution is 0.0598. The first-order chi connectivity index (χ1) is 10.9. The molecule has 0 aliphatic rings. The molecule has 0 fully saturated rings. The van der Waals surface area contributed by atoms with Crippen LogP contribution in [0.4, 0.5) is 8.78 Å². The average Bonchev–Trinajstić information content (AvgIpc) is 2.87. The summed E-state index contributed by atoms with van der Waals surface area (Å²) in [6.07, 6.45) is -1.34. The molecule has 0 radical (unpaired) electrons. The minimum Gasteiger partial charge on any atom is -0.465 e. The quantitative estimate of drug-likeness (QED) is 0.799. The topological polar surface area (TPSA) is 71.7 Å². The van der Waals surface area contributed by atoms with Crippen LogP contribution in [0, 0.1) is 18.6 Å². The van der Waals surface area contributed by atoms with Gasteiger partial charge in [-0.1, -0.05) is 6.07 Å². The number of carbonyl (C=O) groups is 1. The summed E-state index contributed by atoms with van der Waals surface area (Å²) in [5.41, 5.74) is -0.0733. The van der Waals surface area contributed by atoms with Gasteiger partial charge in [0, 0.05) is 6.54 Å². The van der Waals surface area contributed by atoms with Crippen molar-refractivity contribution >= 4 is 5.97 Å². The highest BCUT2D eigenvalue weighted by molar-refractivity contribution is 5.90. The van der Waals surface area contributed by atoms with E-state index in [1.165, 1.54) is 19.2 Å². The fourth-order valence-electron chi connectivity index (χ4n) is 2.21. The number of aryl methyl sites for hydroxylation is 1. The maximum absolute atomic E-state index is 13.5. The largest absolute Gasteiger partial charge is 0.465 e. The van der Waals surface area contributed by atoms with E-state index in [0.29, 0.717) is 17.1 Å². The molecule has 1 unspecified atom stereocenters. The van der Waals surface area contributed by atoms with E-state index in [1.807, 2.05) is 0 Å². The van der Waals surface area contributed by atoms with Gasteiger partial charge in [0.25, 0.3) is 0 Å². The van der Waals surface area contributed by atoms with Crippen LogP contribution in [0.15, 0.2) is 28.7 Å². The van der Waals surface area contributed by atoms with Gasteiger partial charge in [-0.05, 0) is 25.1 Å². The van der Waals surface area contributed by atoms with E-state index in [4.69, 9.17) is 4.42 Å². The van der Waals surface area contributed by atoms with Crippen LogP contribution in [0.1, 0.15) is 33.5 Å². The van der Waals surface area contributed by atoms with E-state index in [9.17, 15) is 18.7 Å². The monoisotopic (exact) mass is 325 g/mol. The summed E-state index contributed by atoms with van der Waals surface area (Å²) in [6, 6.07) is 4.92. The van der Waals surface area contributed by atoms with E-state index >= 15 is 0 Å². The molecule has 1 aromatic heterocycles. The summed E-state index contributed by atoms with van der Waals surface area (Å²) in [4.78, 5) is 11.5. The number of aliphatic hydroxyl groups excluding tert-OH is 1. The maximum atomic E-state index is 13.5. The number of halogens is 2. The van der Waals surface area contributed by atoms with E-state index < -0.39 is 23.7 Å². The minimum atomic E-state index is -1.34. The number of hydrogen-bond donors (Lipinski definition) is 2. The molecule has 0 amide bonds. The highest BCUT2D eigenvalue weighted by Crippen LogP contribution is 2.20. The van der Waals surface area contributed by atoms with Gasteiger partial charge in [0.05, 0.1) is 25.3 Å². The van der Waals surface area contributed by atoms with Gasteiger partial charge in [-0.2, -0.15) is 0 Å². The van der Waals surface area contributed by atoms with Gasteiger partial charge in [-0.25, -0.2) is 13.6 Å². The van der Waals surface area contributed by atoms with Crippen LogP contribution in [0.25, 0.3) is 0 Å². The third-order valence-electron chi connectivity index (χ3n) is 3.34. The lowest BCUT2D eigenvalue weighted by Gasteiger charge is -2.13. The van der Waals surface area contributed by atoms with E-state index in [2.05, 4.69) is 10.1 Å². The number of carbonyl (C=O) groups excluding carboxylic acids is 1. The Morgan fingerprint density at radius 1 is 1.39 bits per heavy atom. The smallest absolute Gasteiger partial charge is 0.341 e. The van der Waals surface area contributed by atoms with Crippen molar-refractivity contribution in [1.29, 1.82) is 0 Å². The molecule has 1 atom stereocenters. The molecule has 0 aliphatic carbocycles. The molecule has 5 nitrogen and oxygen atoms in total. The summed E-state index contributed by atoms with van der Waals surface area (Å²) in [6.45, 7) is 1.73. The Kier molecular flexibility index (Phi) is 5.46. The number of nitrogens with one attached hydrogen (secondary N) is 1. The van der Waals surface area contributed by atoms with Crippen LogP contribution in [-0.2, 0) is 11.3 Å². The maximum Gasteiger partial charge on any atom is 0.341 e. The molecule has 1 aromatic carbocycles. The van der Waals surface area contributed by atoms with Crippen molar-refractivity contribution in [2.75, 3.05) is 13.7 Å². The first kappa shape index (κ1) is 17.1. The van der Waals surface area contributed by atoms with Gasteiger partial charge in [0.2, 0.25) is 0 Å². The highest BCUT2D eigenvalue weighted by Gasteiger charge is 2.18. The van der Waals surface area contributed by atoms with Crippen molar-refractivity contribution in [2.45, 2.75) is 19.6 Å². The number of aliphatic hydroxyl groups is 1. The molecule has 2 rings (SSSR count). The standard InChI is InChI=1S/C16H17F2NO4/c1-9-11(16(21)22-2)6-10(23-9)7-19-8-14(20)15-12(17)4-3-5-13(15)18/h3-6,14,19-20H,7-8H2,1-2H3. The summed E-state index contributed by atoms with van der Waals surface area (Å²) in [7, 11) is 1.27. The van der Waals surface area contributed by atoms with Crippen molar-refractivity contribution in [3.8, 4) is 0 Å². The Hall–Kier alpha value is -2.25. The average molecular weight is 325 g/mol. The van der Waals surface area contributed by atoms with Crippen LogP contribution in [0.3, 0.4) is 0 Å². The Balaban J connectivity index is 1.96. The number of ether oxygens (including phenoxy) is 1. The molecule has 23 heavy (non-hydrogen) atoms. The van der Waals surface area contributed by atoms with E-state index in [-0.39, 0.29) is 18.7 Å². The Labute approximate surface area is 131 Å². The first-order valence-corrected chi connectivity index (χ1v) is 6.94. The van der Waals surface area contributed by atoms with Crippen LogP contribution in [-0.4, -0.2) is 24.7 Å². The van der Waals surface area contributed by atoms with Crippen molar-refractivity contribution in [3.63, 3.8) is 0 Å². The van der Waals surface area contributed by atoms with Gasteiger partial charge in [0.15, 0.2) is 0 Å². The Morgan fingerprint density at radius 2 is 2.04 bits per heavy atom. The van der Waals surface area contributed by atoms with Gasteiger partial charge in [0.1, 0.15) is 28.7 Å². The number of esters is 1. The molecule has 2 N–H and O–H groups in total. The first-order valence-electron chi connectivity index (χ1n) is 6.94. The second kappa shape index (κ2) is 7.34. The second-order valence-electron chi connectivity index (χ2n) is 4.96.